The number of fused-ring (bicyclic) bond motifs is 1. The van der Waals surface area contributed by atoms with Crippen LogP contribution in [0.3, 0.4) is 0 Å². The first kappa shape index (κ1) is 11.5. The van der Waals surface area contributed by atoms with Gasteiger partial charge >= 0.3 is 11.4 Å². The smallest absolute Gasteiger partial charge is 0.353 e. The molecule has 16 heavy (non-hydrogen) atoms. The van der Waals surface area contributed by atoms with E-state index in [0.717, 1.165) is 11.8 Å². The quantitative estimate of drug-likeness (QED) is 0.718. The molecule has 2 rings (SSSR count). The Morgan fingerprint density at radius 1 is 1.44 bits per heavy atom. The van der Waals surface area contributed by atoms with Crippen molar-refractivity contribution in [3.63, 3.8) is 0 Å². The SMILES string of the molecule is O=c1nc2n(c(=O)n1CCCBr)CCOC2. The van der Waals surface area contributed by atoms with Gasteiger partial charge in [0.15, 0.2) is 0 Å². The van der Waals surface area contributed by atoms with Crippen molar-refractivity contribution >= 4 is 15.9 Å². The van der Waals surface area contributed by atoms with E-state index in [4.69, 9.17) is 4.74 Å². The van der Waals surface area contributed by atoms with E-state index in [9.17, 15) is 9.59 Å². The Balaban J connectivity index is 2.46. The highest BCUT2D eigenvalue weighted by atomic mass is 79.9. The summed E-state index contributed by atoms with van der Waals surface area (Å²) >= 11 is 3.27. The second-order valence-corrected chi connectivity index (χ2v) is 4.28. The molecule has 0 amide bonds. The van der Waals surface area contributed by atoms with E-state index in [1.165, 1.54) is 9.13 Å². The molecule has 0 saturated carbocycles. The molecule has 1 aliphatic rings. The van der Waals surface area contributed by atoms with E-state index in [0.29, 0.717) is 25.5 Å². The highest BCUT2D eigenvalue weighted by Gasteiger charge is 2.15. The molecule has 0 aromatic carbocycles. The van der Waals surface area contributed by atoms with Crippen LogP contribution in [0.1, 0.15) is 12.2 Å². The summed E-state index contributed by atoms with van der Waals surface area (Å²) in [7, 11) is 0. The number of rotatable bonds is 3. The average molecular weight is 290 g/mol. The molecule has 88 valence electrons. The van der Waals surface area contributed by atoms with Crippen LogP contribution in [0.4, 0.5) is 0 Å². The molecule has 0 atom stereocenters. The number of alkyl halides is 1. The molecule has 1 aromatic rings. The van der Waals surface area contributed by atoms with E-state index in [1.807, 2.05) is 0 Å². The maximum Gasteiger partial charge on any atom is 0.353 e. The first-order chi connectivity index (χ1) is 7.74. The van der Waals surface area contributed by atoms with Crippen molar-refractivity contribution in [3.05, 3.63) is 26.8 Å². The second-order valence-electron chi connectivity index (χ2n) is 3.49. The minimum atomic E-state index is -0.484. The maximum absolute atomic E-state index is 12.0. The highest BCUT2D eigenvalue weighted by Crippen LogP contribution is 2.00. The number of hydrogen-bond acceptors (Lipinski definition) is 4. The first-order valence-corrected chi connectivity index (χ1v) is 6.20. The van der Waals surface area contributed by atoms with Gasteiger partial charge in [0.25, 0.3) is 0 Å². The van der Waals surface area contributed by atoms with Crippen LogP contribution in [0.15, 0.2) is 9.59 Å². The summed E-state index contributed by atoms with van der Waals surface area (Å²) in [6, 6.07) is 0. The average Bonchev–Trinajstić information content (AvgIpc) is 2.29. The fourth-order valence-electron chi connectivity index (χ4n) is 1.63. The van der Waals surface area contributed by atoms with Crippen molar-refractivity contribution in [1.82, 2.24) is 14.1 Å². The van der Waals surface area contributed by atoms with Crippen LogP contribution in [-0.4, -0.2) is 26.1 Å². The number of aromatic nitrogens is 3. The minimum absolute atomic E-state index is 0.240. The van der Waals surface area contributed by atoms with Crippen molar-refractivity contribution in [2.75, 3.05) is 11.9 Å². The summed E-state index contributed by atoms with van der Waals surface area (Å²) in [5.41, 5.74) is -0.762. The highest BCUT2D eigenvalue weighted by molar-refractivity contribution is 9.09. The molecular weight excluding hydrogens is 278 g/mol. The van der Waals surface area contributed by atoms with Crippen molar-refractivity contribution in [2.24, 2.45) is 0 Å². The fraction of sp³-hybridized carbons (Fsp3) is 0.667. The normalized spacial score (nSPS) is 14.8. The third-order valence-electron chi connectivity index (χ3n) is 2.43. The lowest BCUT2D eigenvalue weighted by Crippen LogP contribution is -2.45. The molecule has 0 aliphatic carbocycles. The Bertz CT molecular complexity index is 494. The van der Waals surface area contributed by atoms with Crippen LogP contribution < -0.4 is 11.4 Å². The van der Waals surface area contributed by atoms with Crippen molar-refractivity contribution in [2.45, 2.75) is 26.1 Å². The molecule has 0 saturated heterocycles. The van der Waals surface area contributed by atoms with Gasteiger partial charge in [0.05, 0.1) is 13.2 Å². The molecule has 6 nitrogen and oxygen atoms in total. The summed E-state index contributed by atoms with van der Waals surface area (Å²) in [5, 5.41) is 0.754. The zero-order chi connectivity index (χ0) is 11.5. The van der Waals surface area contributed by atoms with Gasteiger partial charge in [-0.2, -0.15) is 4.98 Å². The monoisotopic (exact) mass is 289 g/mol. The van der Waals surface area contributed by atoms with Crippen molar-refractivity contribution in [3.8, 4) is 0 Å². The van der Waals surface area contributed by atoms with E-state index in [2.05, 4.69) is 20.9 Å². The largest absolute Gasteiger partial charge is 0.372 e. The van der Waals surface area contributed by atoms with Crippen LogP contribution in [0.2, 0.25) is 0 Å². The van der Waals surface area contributed by atoms with Gasteiger partial charge in [-0.1, -0.05) is 15.9 Å². The number of hydrogen-bond donors (Lipinski definition) is 0. The van der Waals surface area contributed by atoms with Crippen molar-refractivity contribution in [1.29, 1.82) is 0 Å². The Labute approximate surface area is 100.0 Å². The molecule has 0 unspecified atom stereocenters. The third kappa shape index (κ3) is 2.10. The second kappa shape index (κ2) is 4.92. The Morgan fingerprint density at radius 3 is 3.00 bits per heavy atom. The van der Waals surface area contributed by atoms with Crippen LogP contribution in [0.5, 0.6) is 0 Å². The van der Waals surface area contributed by atoms with Gasteiger partial charge in [-0.05, 0) is 6.42 Å². The summed E-state index contributed by atoms with van der Waals surface area (Å²) < 4.78 is 7.84. The van der Waals surface area contributed by atoms with Crippen LogP contribution in [0.25, 0.3) is 0 Å². The lowest BCUT2D eigenvalue weighted by atomic mass is 10.4. The van der Waals surface area contributed by atoms with E-state index in [1.54, 1.807) is 0 Å². The molecular formula is C9H12BrN3O3. The zero-order valence-electron chi connectivity index (χ0n) is 8.69. The summed E-state index contributed by atoms with van der Waals surface area (Å²) in [6.45, 7) is 1.60. The zero-order valence-corrected chi connectivity index (χ0v) is 10.3. The summed E-state index contributed by atoms with van der Waals surface area (Å²) in [5.74, 6) is 0.427. The van der Waals surface area contributed by atoms with E-state index >= 15 is 0 Å². The summed E-state index contributed by atoms with van der Waals surface area (Å²) in [4.78, 5) is 27.4. The maximum atomic E-state index is 12.0. The molecule has 2 heterocycles. The number of ether oxygens (including phenoxy) is 1. The third-order valence-corrected chi connectivity index (χ3v) is 3.00. The molecule has 0 fully saturated rings. The van der Waals surface area contributed by atoms with Crippen LogP contribution >= 0.6 is 15.9 Å². The van der Waals surface area contributed by atoms with E-state index in [-0.39, 0.29) is 12.3 Å². The Morgan fingerprint density at radius 2 is 2.25 bits per heavy atom. The fourth-order valence-corrected chi connectivity index (χ4v) is 1.88. The molecule has 7 heteroatoms. The molecule has 1 aliphatic heterocycles. The predicted molar refractivity (Wildman–Crippen MR) is 60.8 cm³/mol. The molecule has 0 N–H and O–H groups in total. The lowest BCUT2D eigenvalue weighted by molar-refractivity contribution is 0.0755. The van der Waals surface area contributed by atoms with Gasteiger partial charge in [-0.15, -0.1) is 0 Å². The summed E-state index contributed by atoms with van der Waals surface area (Å²) in [6.07, 6.45) is 0.729. The lowest BCUT2D eigenvalue weighted by Gasteiger charge is -2.18. The van der Waals surface area contributed by atoms with Gasteiger partial charge in [0.1, 0.15) is 12.4 Å². The van der Waals surface area contributed by atoms with Gasteiger partial charge < -0.3 is 4.74 Å². The van der Waals surface area contributed by atoms with Crippen LogP contribution in [0, 0.1) is 0 Å². The van der Waals surface area contributed by atoms with Gasteiger partial charge in [0, 0.05) is 11.9 Å². The van der Waals surface area contributed by atoms with Crippen LogP contribution in [-0.2, 0) is 24.4 Å². The molecule has 0 spiro atoms. The number of halogens is 1. The van der Waals surface area contributed by atoms with E-state index < -0.39 is 5.69 Å². The first-order valence-electron chi connectivity index (χ1n) is 5.08. The molecule has 0 radical (unpaired) electrons. The topological polar surface area (TPSA) is 66.1 Å². The van der Waals surface area contributed by atoms with Gasteiger partial charge in [0.2, 0.25) is 0 Å². The molecule has 1 aromatic heterocycles. The van der Waals surface area contributed by atoms with Crippen molar-refractivity contribution < 1.29 is 4.74 Å². The van der Waals surface area contributed by atoms with Gasteiger partial charge in [-0.25, -0.2) is 14.2 Å². The standard InChI is InChI=1S/C9H12BrN3O3/c10-2-1-3-13-8(14)11-7-6-16-5-4-12(7)9(13)15/h1-6H2. The van der Waals surface area contributed by atoms with Gasteiger partial charge in [-0.3, -0.25) is 4.57 Å². The minimum Gasteiger partial charge on any atom is -0.372 e. The number of nitrogens with zero attached hydrogens (tertiary/aromatic N) is 3. The predicted octanol–water partition coefficient (Wildman–Crippen LogP) is -0.280. The molecule has 0 bridgehead atoms. The Hall–Kier alpha value is -0.950. The Kier molecular flexibility index (Phi) is 3.55.